The zero-order valence-electron chi connectivity index (χ0n) is 12.3. The first-order chi connectivity index (χ1) is 10.1. The summed E-state index contributed by atoms with van der Waals surface area (Å²) < 4.78 is 10.9. The average Bonchev–Trinajstić information content (AvgIpc) is 3.10. The summed E-state index contributed by atoms with van der Waals surface area (Å²) in [4.78, 5) is 4.37. The standard InChI is InChI=1S/C15H18ClN3O2.ClH/c1-10-11(16)5-4-6-12(10)20-9-13-18-14(19-21-13)15(17)7-2-3-8-15;/h4-6H,2-3,7-9,17H2,1H3;1H. The highest BCUT2D eigenvalue weighted by atomic mass is 35.5. The molecule has 1 saturated carbocycles. The lowest BCUT2D eigenvalue weighted by molar-refractivity contribution is 0.240. The summed E-state index contributed by atoms with van der Waals surface area (Å²) in [5, 5.41) is 4.68. The van der Waals surface area contributed by atoms with Gasteiger partial charge < -0.3 is 15.0 Å². The van der Waals surface area contributed by atoms with Crippen LogP contribution in [0.2, 0.25) is 5.02 Å². The lowest BCUT2D eigenvalue weighted by Crippen LogP contribution is -2.34. The molecule has 1 aromatic carbocycles. The van der Waals surface area contributed by atoms with Crippen LogP contribution in [0, 0.1) is 6.92 Å². The Balaban J connectivity index is 0.00000176. The van der Waals surface area contributed by atoms with Gasteiger partial charge >= 0.3 is 0 Å². The van der Waals surface area contributed by atoms with Gasteiger partial charge in [-0.15, -0.1) is 12.4 Å². The molecule has 1 aromatic heterocycles. The number of aromatic nitrogens is 2. The number of hydrogen-bond donors (Lipinski definition) is 1. The van der Waals surface area contributed by atoms with Crippen LogP contribution in [-0.4, -0.2) is 10.1 Å². The molecule has 1 aliphatic carbocycles. The summed E-state index contributed by atoms with van der Waals surface area (Å²) in [5.41, 5.74) is 6.76. The van der Waals surface area contributed by atoms with Crippen molar-refractivity contribution in [2.75, 3.05) is 0 Å². The Morgan fingerprint density at radius 2 is 2.09 bits per heavy atom. The molecule has 120 valence electrons. The fraction of sp³-hybridized carbons (Fsp3) is 0.467. The largest absolute Gasteiger partial charge is 0.483 e. The minimum Gasteiger partial charge on any atom is -0.483 e. The average molecular weight is 344 g/mol. The van der Waals surface area contributed by atoms with Gasteiger partial charge in [-0.05, 0) is 31.9 Å². The van der Waals surface area contributed by atoms with E-state index in [9.17, 15) is 0 Å². The molecule has 0 radical (unpaired) electrons. The molecule has 1 fully saturated rings. The van der Waals surface area contributed by atoms with Gasteiger partial charge in [-0.25, -0.2) is 0 Å². The first-order valence-corrected chi connectivity index (χ1v) is 7.46. The Morgan fingerprint density at radius 1 is 1.36 bits per heavy atom. The molecule has 1 heterocycles. The van der Waals surface area contributed by atoms with Crippen LogP contribution in [0.5, 0.6) is 5.75 Å². The van der Waals surface area contributed by atoms with E-state index < -0.39 is 5.54 Å². The second-order valence-electron chi connectivity index (χ2n) is 5.53. The Labute approximate surface area is 140 Å². The molecule has 0 bridgehead atoms. The molecule has 2 N–H and O–H groups in total. The van der Waals surface area contributed by atoms with Crippen LogP contribution in [0.4, 0.5) is 0 Å². The number of hydrogen-bond acceptors (Lipinski definition) is 5. The second kappa shape index (κ2) is 6.86. The van der Waals surface area contributed by atoms with Crippen molar-refractivity contribution in [2.24, 2.45) is 5.73 Å². The first-order valence-electron chi connectivity index (χ1n) is 7.08. The molecule has 3 rings (SSSR count). The molecule has 5 nitrogen and oxygen atoms in total. The molecule has 0 atom stereocenters. The molecule has 0 aliphatic heterocycles. The summed E-state index contributed by atoms with van der Waals surface area (Å²) in [6, 6.07) is 5.53. The fourth-order valence-corrected chi connectivity index (χ4v) is 2.79. The molecule has 0 spiro atoms. The summed E-state index contributed by atoms with van der Waals surface area (Å²) in [7, 11) is 0. The normalized spacial score (nSPS) is 16.3. The predicted molar refractivity (Wildman–Crippen MR) is 86.4 cm³/mol. The number of ether oxygens (including phenoxy) is 1. The van der Waals surface area contributed by atoms with Gasteiger partial charge in [0.1, 0.15) is 5.75 Å². The lowest BCUT2D eigenvalue weighted by atomic mass is 9.99. The number of nitrogens with zero attached hydrogens (tertiary/aromatic N) is 2. The zero-order valence-corrected chi connectivity index (χ0v) is 13.9. The van der Waals surface area contributed by atoms with Crippen LogP contribution in [0.1, 0.15) is 43.0 Å². The highest BCUT2D eigenvalue weighted by Gasteiger charge is 2.35. The van der Waals surface area contributed by atoms with Gasteiger partial charge in [0.05, 0.1) is 5.54 Å². The Morgan fingerprint density at radius 3 is 2.82 bits per heavy atom. The quantitative estimate of drug-likeness (QED) is 0.914. The number of rotatable bonds is 4. The number of halogens is 2. The van der Waals surface area contributed by atoms with Gasteiger partial charge in [-0.2, -0.15) is 4.98 Å². The molecule has 1 aliphatic rings. The molecule has 0 amide bonds. The van der Waals surface area contributed by atoms with Crippen molar-refractivity contribution in [3.05, 3.63) is 40.5 Å². The second-order valence-corrected chi connectivity index (χ2v) is 5.93. The Bertz CT molecular complexity index is 639. The third-order valence-corrected chi connectivity index (χ3v) is 4.39. The number of benzene rings is 1. The number of nitrogens with two attached hydrogens (primary N) is 1. The zero-order chi connectivity index (χ0) is 14.9. The highest BCUT2D eigenvalue weighted by Crippen LogP contribution is 2.34. The molecule has 2 aromatic rings. The minimum absolute atomic E-state index is 0. The van der Waals surface area contributed by atoms with E-state index in [-0.39, 0.29) is 19.0 Å². The monoisotopic (exact) mass is 343 g/mol. The minimum atomic E-state index is -0.437. The van der Waals surface area contributed by atoms with E-state index in [1.54, 1.807) is 0 Å². The Hall–Kier alpha value is -1.30. The van der Waals surface area contributed by atoms with Crippen LogP contribution in [0.3, 0.4) is 0 Å². The molecule has 22 heavy (non-hydrogen) atoms. The Kier molecular flexibility index (Phi) is 5.32. The molecular weight excluding hydrogens is 325 g/mol. The fourth-order valence-electron chi connectivity index (χ4n) is 2.63. The summed E-state index contributed by atoms with van der Waals surface area (Å²) in [6.45, 7) is 2.12. The van der Waals surface area contributed by atoms with Gasteiger partial charge in [0.2, 0.25) is 0 Å². The van der Waals surface area contributed by atoms with Crippen LogP contribution in [0.25, 0.3) is 0 Å². The van der Waals surface area contributed by atoms with Gasteiger partial charge in [-0.1, -0.05) is 35.7 Å². The maximum Gasteiger partial charge on any atom is 0.264 e. The van der Waals surface area contributed by atoms with Crippen LogP contribution >= 0.6 is 24.0 Å². The van der Waals surface area contributed by atoms with Crippen molar-refractivity contribution >= 4 is 24.0 Å². The van der Waals surface area contributed by atoms with Crippen LogP contribution < -0.4 is 10.5 Å². The molecule has 0 saturated heterocycles. The molecular formula is C15H19Cl2N3O2. The van der Waals surface area contributed by atoms with E-state index in [4.69, 9.17) is 26.6 Å². The lowest BCUT2D eigenvalue weighted by Gasteiger charge is -2.17. The maximum absolute atomic E-state index is 6.30. The summed E-state index contributed by atoms with van der Waals surface area (Å²) in [5.74, 6) is 1.73. The van der Waals surface area contributed by atoms with Crippen molar-refractivity contribution in [3.8, 4) is 5.75 Å². The van der Waals surface area contributed by atoms with Crippen molar-refractivity contribution < 1.29 is 9.26 Å². The smallest absolute Gasteiger partial charge is 0.264 e. The van der Waals surface area contributed by atoms with Crippen molar-refractivity contribution in [2.45, 2.75) is 44.8 Å². The van der Waals surface area contributed by atoms with E-state index in [2.05, 4.69) is 10.1 Å². The summed E-state index contributed by atoms with van der Waals surface area (Å²) >= 11 is 6.06. The van der Waals surface area contributed by atoms with Gasteiger partial charge in [0.25, 0.3) is 5.89 Å². The van der Waals surface area contributed by atoms with Crippen molar-refractivity contribution in [1.29, 1.82) is 0 Å². The topological polar surface area (TPSA) is 74.2 Å². The van der Waals surface area contributed by atoms with E-state index in [0.29, 0.717) is 22.5 Å². The molecule has 7 heteroatoms. The first kappa shape index (κ1) is 17.1. The van der Waals surface area contributed by atoms with E-state index >= 15 is 0 Å². The van der Waals surface area contributed by atoms with Crippen LogP contribution in [0.15, 0.2) is 22.7 Å². The van der Waals surface area contributed by atoms with Crippen molar-refractivity contribution in [1.82, 2.24) is 10.1 Å². The van der Waals surface area contributed by atoms with Crippen LogP contribution in [-0.2, 0) is 12.1 Å². The molecule has 0 unspecified atom stereocenters. The van der Waals surface area contributed by atoms with Gasteiger partial charge in [0.15, 0.2) is 12.4 Å². The highest BCUT2D eigenvalue weighted by molar-refractivity contribution is 6.31. The SMILES string of the molecule is Cc1c(Cl)cccc1OCc1nc(C2(N)CCCC2)no1.Cl. The van der Waals surface area contributed by atoms with E-state index in [1.807, 2.05) is 25.1 Å². The van der Waals surface area contributed by atoms with Gasteiger partial charge in [-0.3, -0.25) is 0 Å². The van der Waals surface area contributed by atoms with Crippen molar-refractivity contribution in [3.63, 3.8) is 0 Å². The summed E-state index contributed by atoms with van der Waals surface area (Å²) in [6.07, 6.45) is 4.03. The maximum atomic E-state index is 6.30. The van der Waals surface area contributed by atoms with Gasteiger partial charge in [0, 0.05) is 10.6 Å². The third kappa shape index (κ3) is 3.37. The van der Waals surface area contributed by atoms with E-state index in [0.717, 1.165) is 31.2 Å². The predicted octanol–water partition coefficient (Wildman–Crippen LogP) is 3.76. The third-order valence-electron chi connectivity index (χ3n) is 3.98. The van der Waals surface area contributed by atoms with E-state index in [1.165, 1.54) is 0 Å².